The molecule has 304 valence electrons. The number of unbranched alkanes of at least 4 members (excludes halogenated alkanes) is 1. The molecule has 0 saturated carbocycles. The lowest BCUT2D eigenvalue weighted by atomic mass is 9.90. The second-order valence-corrected chi connectivity index (χ2v) is 14.5. The van der Waals surface area contributed by atoms with Crippen LogP contribution >= 0.6 is 15.6 Å². The van der Waals surface area contributed by atoms with Crippen LogP contribution in [-0.2, 0) is 52.1 Å². The number of benzene rings is 3. The maximum Gasteiger partial charge on any atom is 0.336 e. The van der Waals surface area contributed by atoms with Gasteiger partial charge in [-0.25, -0.2) is 9.68 Å². The second-order valence-electron chi connectivity index (χ2n) is 11.6. The predicted octanol–water partition coefficient (Wildman–Crippen LogP) is 3.76. The van der Waals surface area contributed by atoms with E-state index in [4.69, 9.17) is 13.5 Å². The highest BCUT2D eigenvalue weighted by Gasteiger charge is 2.23. The summed E-state index contributed by atoms with van der Waals surface area (Å²) in [7, 11) is -8.67. The van der Waals surface area contributed by atoms with E-state index in [9.17, 15) is 43.5 Å². The van der Waals surface area contributed by atoms with Gasteiger partial charge in [-0.1, -0.05) is 24.6 Å². The first-order chi connectivity index (χ1) is 26.7. The smallest absolute Gasteiger partial charge is 0.336 e. The van der Waals surface area contributed by atoms with Crippen LogP contribution in [0.15, 0.2) is 76.1 Å². The normalized spacial score (nSPS) is 14.4. The van der Waals surface area contributed by atoms with Crippen molar-refractivity contribution in [1.82, 2.24) is 5.32 Å². The second kappa shape index (κ2) is 21.1. The van der Waals surface area contributed by atoms with E-state index in [1.54, 1.807) is 6.92 Å². The number of amides is 1. The number of hydrogen-bond donors (Lipinski definition) is 2. The molecule has 1 amide bonds. The van der Waals surface area contributed by atoms with Crippen molar-refractivity contribution < 1.29 is 86.1 Å². The van der Waals surface area contributed by atoms with Gasteiger partial charge in [0.25, 0.3) is 21.6 Å². The van der Waals surface area contributed by atoms with Crippen LogP contribution in [0.2, 0.25) is 0 Å². The summed E-state index contributed by atoms with van der Waals surface area (Å²) < 4.78 is 48.3. The van der Waals surface area contributed by atoms with Crippen LogP contribution in [0.3, 0.4) is 0 Å². The molecule has 2 aromatic rings. The van der Waals surface area contributed by atoms with E-state index in [0.717, 1.165) is 13.4 Å². The number of carboxylic acids is 1. The van der Waals surface area contributed by atoms with E-state index in [-0.39, 0.29) is 52.2 Å². The molecule has 4 rings (SSSR count). The summed E-state index contributed by atoms with van der Waals surface area (Å²) in [5, 5.41) is 37.5. The van der Waals surface area contributed by atoms with Gasteiger partial charge < -0.3 is 52.7 Å². The third-order valence-electron chi connectivity index (χ3n) is 7.68. The number of nitrogens with one attached hydrogen (secondary N) is 1. The van der Waals surface area contributed by atoms with Gasteiger partial charge in [-0.2, -0.15) is 0 Å². The molecule has 20 nitrogen and oxygen atoms in total. The van der Waals surface area contributed by atoms with Crippen LogP contribution in [0.1, 0.15) is 46.9 Å². The first-order valence-corrected chi connectivity index (χ1v) is 19.5. The first-order valence-electron chi connectivity index (χ1n) is 16.6. The summed E-state index contributed by atoms with van der Waals surface area (Å²) >= 11 is 0. The molecule has 0 aromatic heterocycles. The number of fused-ring (bicyclic) bond motifs is 2. The number of phosphoric acid groups is 2. The maximum atomic E-state index is 13.1. The van der Waals surface area contributed by atoms with E-state index in [0.29, 0.717) is 29.4 Å². The summed E-state index contributed by atoms with van der Waals surface area (Å²) in [6.07, 6.45) is 3.43. The van der Waals surface area contributed by atoms with Gasteiger partial charge in [-0.05, 0) is 66.8 Å². The molecular weight excluding hydrogens is 788 g/mol. The predicted molar refractivity (Wildman–Crippen MR) is 186 cm³/mol. The lowest BCUT2D eigenvalue weighted by molar-refractivity contribution is -0.700. The topological polar surface area (TPSA) is 283 Å². The molecule has 0 saturated heterocycles. The Morgan fingerprint density at radius 2 is 1.66 bits per heavy atom. The van der Waals surface area contributed by atoms with Crippen molar-refractivity contribution in [2.45, 2.75) is 26.2 Å². The standard InChI is InChI=1S/C34H39NO19P2/c1-3-14-46-52-54-53-47-15-16-48-56(43,44)50-21-22(20-49-55(41,42)45-2)6-4-5-13-35-33(38)23-7-10-26(29(17-23)34(39)40)32-27-11-8-24(36)18-30(27)51-31-19-25(37)9-12-28(31)32/h3,7-12,14,17-19,22,36H,4-6,13,15-16,20-21H2,1-2H3,(H,35,38)(H,39,40)(H,41,42)(H,43,44)/p-3/b14-3+. The van der Waals surface area contributed by atoms with Crippen molar-refractivity contribution >= 4 is 38.5 Å². The first kappa shape index (κ1) is 44.2. The van der Waals surface area contributed by atoms with Crippen LogP contribution in [0.25, 0.3) is 33.4 Å². The molecule has 3 atom stereocenters. The van der Waals surface area contributed by atoms with Gasteiger partial charge in [0.15, 0.2) is 5.43 Å². The van der Waals surface area contributed by atoms with Crippen molar-refractivity contribution in [3.05, 3.63) is 88.3 Å². The number of rotatable bonds is 24. The third-order valence-corrected chi connectivity index (χ3v) is 9.56. The number of allylic oxidation sites excluding steroid dienone is 1. The van der Waals surface area contributed by atoms with Crippen LogP contribution in [0.5, 0.6) is 5.75 Å². The summed E-state index contributed by atoms with van der Waals surface area (Å²) in [6, 6.07) is 12.1. The monoisotopic (exact) mass is 824 g/mol. The zero-order chi connectivity index (χ0) is 40.7. The van der Waals surface area contributed by atoms with Gasteiger partial charge in [0.1, 0.15) is 24.2 Å². The van der Waals surface area contributed by atoms with Crippen molar-refractivity contribution in [3.8, 4) is 28.2 Å². The quantitative estimate of drug-likeness (QED) is 0.0254. The minimum absolute atomic E-state index is 0.0249. The van der Waals surface area contributed by atoms with Crippen molar-refractivity contribution in [3.63, 3.8) is 0 Å². The Morgan fingerprint density at radius 3 is 2.39 bits per heavy atom. The molecule has 0 spiro atoms. The minimum atomic E-state index is -4.90. The summed E-state index contributed by atoms with van der Waals surface area (Å²) in [5.74, 6) is -2.95. The largest absolute Gasteiger partial charge is 0.872 e. The average Bonchev–Trinajstić information content (AvgIpc) is 3.16. The van der Waals surface area contributed by atoms with E-state index >= 15 is 0 Å². The Bertz CT molecular complexity index is 2100. The number of hydrogen-bond acceptors (Lipinski definition) is 18. The average molecular weight is 825 g/mol. The highest BCUT2D eigenvalue weighted by Crippen LogP contribution is 2.43. The molecule has 2 N–H and O–H groups in total. The zero-order valence-electron chi connectivity index (χ0n) is 29.8. The fourth-order valence-electron chi connectivity index (χ4n) is 5.12. The fourth-order valence-corrected chi connectivity index (χ4v) is 6.39. The number of phosphoric ester groups is 2. The molecule has 2 aromatic carbocycles. The van der Waals surface area contributed by atoms with E-state index < -0.39 is 59.9 Å². The molecule has 1 aliphatic heterocycles. The van der Waals surface area contributed by atoms with Crippen molar-refractivity contribution in [2.24, 2.45) is 5.92 Å². The SMILES string of the molecule is C/C=C/OOOOOCCOP(=O)([O-])OCC(CCCCNC(=O)c1ccc(-c2c3ccc(=O)cc-3oc3cc([O-])ccc23)c(C(=O)O)c1)COP(=O)([O-])OC. The molecule has 2 aliphatic rings. The Labute approximate surface area is 318 Å². The van der Waals surface area contributed by atoms with Crippen molar-refractivity contribution in [2.75, 3.05) is 40.1 Å². The maximum absolute atomic E-state index is 13.1. The van der Waals surface area contributed by atoms with Gasteiger partial charge >= 0.3 is 5.97 Å². The highest BCUT2D eigenvalue weighted by atomic mass is 31.2. The fraction of sp³-hybridized carbons (Fsp3) is 0.324. The molecule has 0 fully saturated rings. The summed E-state index contributed by atoms with van der Waals surface area (Å²) in [5.41, 5.74) is 0.599. The molecule has 1 aliphatic carbocycles. The minimum Gasteiger partial charge on any atom is -0.872 e. The van der Waals surface area contributed by atoms with Gasteiger partial charge in [0.2, 0.25) is 0 Å². The van der Waals surface area contributed by atoms with Gasteiger partial charge in [0, 0.05) is 57.8 Å². The number of aromatic carboxylic acids is 1. The Morgan fingerprint density at radius 1 is 0.911 bits per heavy atom. The molecule has 0 bridgehead atoms. The van der Waals surface area contributed by atoms with Crippen LogP contribution in [0, 0.1) is 5.92 Å². The summed E-state index contributed by atoms with van der Waals surface area (Å²) in [6.45, 7) is -0.289. The Balaban J connectivity index is 1.34. The highest BCUT2D eigenvalue weighted by molar-refractivity contribution is 7.46. The molecule has 22 heteroatoms. The molecule has 56 heavy (non-hydrogen) atoms. The molecule has 3 unspecified atom stereocenters. The molecule has 1 heterocycles. The lowest BCUT2D eigenvalue weighted by Crippen LogP contribution is -2.25. The van der Waals surface area contributed by atoms with E-state index in [2.05, 4.69) is 39.3 Å². The number of carbonyl (C=O) groups is 2. The summed E-state index contributed by atoms with van der Waals surface area (Å²) in [4.78, 5) is 70.4. The number of carboxylic acid groups (broad SMARTS) is 1. The van der Waals surface area contributed by atoms with E-state index in [1.807, 2.05) is 0 Å². The Hall–Kier alpha value is -4.53. The number of carbonyl (C=O) groups excluding carboxylic acids is 1. The zero-order valence-corrected chi connectivity index (χ0v) is 31.6. The van der Waals surface area contributed by atoms with Gasteiger partial charge in [-0.15, -0.1) is 5.75 Å². The Kier molecular flexibility index (Phi) is 16.7. The lowest BCUT2D eigenvalue weighted by Gasteiger charge is -2.27. The molecule has 0 radical (unpaired) electrons. The third kappa shape index (κ3) is 13.3. The van der Waals surface area contributed by atoms with Crippen molar-refractivity contribution in [1.29, 1.82) is 0 Å². The van der Waals surface area contributed by atoms with E-state index in [1.165, 1.54) is 60.7 Å². The van der Waals surface area contributed by atoms with Gasteiger partial charge in [-0.3, -0.25) is 18.7 Å². The van der Waals surface area contributed by atoms with Gasteiger partial charge in [0.05, 0.1) is 25.4 Å². The van der Waals surface area contributed by atoms with Crippen LogP contribution < -0.4 is 25.6 Å². The molecular formula is C34H36NO19P2-3. The van der Waals surface area contributed by atoms with Crippen LogP contribution in [-0.4, -0.2) is 57.1 Å². The van der Waals surface area contributed by atoms with Crippen LogP contribution in [0.4, 0.5) is 0 Å².